The lowest BCUT2D eigenvalue weighted by Gasteiger charge is -2.32. The molecule has 2 fully saturated rings. The number of aliphatic hydroxyl groups excluding tert-OH is 1. The molecule has 1 saturated heterocycles. The van der Waals surface area contributed by atoms with Crippen LogP contribution in [0.25, 0.3) is 27.1 Å². The van der Waals surface area contributed by atoms with E-state index in [1.807, 2.05) is 6.07 Å². The first-order valence-electron chi connectivity index (χ1n) is 12.9. The van der Waals surface area contributed by atoms with Crippen LogP contribution >= 0.6 is 11.3 Å². The summed E-state index contributed by atoms with van der Waals surface area (Å²) in [6.45, 7) is 2.27. The topological polar surface area (TPSA) is 167 Å². The fourth-order valence-electron chi connectivity index (χ4n) is 5.23. The first-order valence-corrected chi connectivity index (χ1v) is 15.2. The number of likely N-dealkylation sites (tertiary alicyclic amines) is 1. The molecule has 1 aliphatic carbocycles. The number of amides is 1. The molecule has 4 heterocycles. The van der Waals surface area contributed by atoms with Gasteiger partial charge in [-0.25, -0.2) is 27.2 Å². The van der Waals surface area contributed by atoms with Crippen LogP contribution in [-0.4, -0.2) is 73.8 Å². The third-order valence-corrected chi connectivity index (χ3v) is 9.96. The van der Waals surface area contributed by atoms with Crippen molar-refractivity contribution in [2.75, 3.05) is 13.1 Å². The highest BCUT2D eigenvalue weighted by Gasteiger charge is 2.47. The second-order valence-corrected chi connectivity index (χ2v) is 12.9. The molecular weight excluding hydrogens is 578 g/mol. The van der Waals surface area contributed by atoms with Crippen molar-refractivity contribution in [1.29, 1.82) is 5.26 Å². The fourth-order valence-corrected chi connectivity index (χ4v) is 7.34. The average Bonchev–Trinajstić information content (AvgIpc) is 3.39. The number of sulfonamides is 1. The van der Waals surface area contributed by atoms with Crippen LogP contribution in [0.3, 0.4) is 0 Å². The molecule has 214 valence electrons. The van der Waals surface area contributed by atoms with Gasteiger partial charge in [-0.2, -0.15) is 9.98 Å². The van der Waals surface area contributed by atoms with Gasteiger partial charge in [0.05, 0.1) is 22.2 Å². The number of hydrogen-bond donors (Lipinski definition) is 2. The molecule has 0 spiro atoms. The predicted octanol–water partition coefficient (Wildman–Crippen LogP) is 2.78. The van der Waals surface area contributed by atoms with E-state index < -0.39 is 33.1 Å². The van der Waals surface area contributed by atoms with Crippen molar-refractivity contribution in [1.82, 2.24) is 34.4 Å². The standard InChI is InChI=1S/C25H24F2N8O4S2/c1-13(36)23(37)34-8-4-14(5-9-34)19-18-16-3-2-15(41(38,39)33-25(11-28)6-7-25)10-17(16)35(21(18)30-12-29-19)24-32-31-22(40-24)20(26)27/h2-3,10,12-14,20,33,36H,4-9H2,1H3/t13-/m1/s1. The van der Waals surface area contributed by atoms with Gasteiger partial charge in [0.25, 0.3) is 12.3 Å². The maximum atomic E-state index is 13.4. The van der Waals surface area contributed by atoms with Crippen LogP contribution in [0.1, 0.15) is 55.7 Å². The molecule has 1 saturated carbocycles. The predicted molar refractivity (Wildman–Crippen MR) is 143 cm³/mol. The number of alkyl halides is 2. The molecule has 16 heteroatoms. The van der Waals surface area contributed by atoms with E-state index in [1.54, 1.807) is 11.0 Å². The maximum absolute atomic E-state index is 13.4. The van der Waals surface area contributed by atoms with Gasteiger partial charge in [0.2, 0.25) is 15.2 Å². The number of carbonyl (C=O) groups is 1. The molecular formula is C25H24F2N8O4S2. The van der Waals surface area contributed by atoms with Gasteiger partial charge in [0.1, 0.15) is 18.0 Å². The van der Waals surface area contributed by atoms with E-state index in [0.29, 0.717) is 77.7 Å². The molecule has 1 atom stereocenters. The van der Waals surface area contributed by atoms with E-state index in [0.717, 1.165) is 0 Å². The number of benzene rings is 1. The molecule has 2 N–H and O–H groups in total. The van der Waals surface area contributed by atoms with Crippen LogP contribution in [-0.2, 0) is 14.8 Å². The van der Waals surface area contributed by atoms with Gasteiger partial charge in [-0.05, 0) is 44.7 Å². The first kappa shape index (κ1) is 27.5. The van der Waals surface area contributed by atoms with Gasteiger partial charge >= 0.3 is 0 Å². The lowest BCUT2D eigenvalue weighted by atomic mass is 9.91. The number of fused-ring (bicyclic) bond motifs is 3. The summed E-state index contributed by atoms with van der Waals surface area (Å²) >= 11 is 0.667. The smallest absolute Gasteiger partial charge is 0.291 e. The number of nitrogens with zero attached hydrogens (tertiary/aromatic N) is 7. The van der Waals surface area contributed by atoms with Gasteiger partial charge in [-0.3, -0.25) is 9.36 Å². The van der Waals surface area contributed by atoms with Gasteiger partial charge in [-0.15, -0.1) is 10.2 Å². The van der Waals surface area contributed by atoms with Gasteiger partial charge in [0.15, 0.2) is 10.7 Å². The highest BCUT2D eigenvalue weighted by molar-refractivity contribution is 7.89. The number of nitriles is 1. The van der Waals surface area contributed by atoms with Gasteiger partial charge < -0.3 is 10.0 Å². The van der Waals surface area contributed by atoms with E-state index in [4.69, 9.17) is 0 Å². The molecule has 3 aromatic heterocycles. The number of piperidine rings is 1. The SMILES string of the molecule is C[C@@H](O)C(=O)N1CCC(c2ncnc3c2c2ccc(S(=O)(=O)NC4(C#N)CC4)cc2n3-c2nnc(C(F)F)s2)CC1. The molecule has 6 rings (SSSR count). The van der Waals surface area contributed by atoms with Crippen molar-refractivity contribution < 1.29 is 27.1 Å². The number of rotatable bonds is 7. The van der Waals surface area contributed by atoms with Crippen molar-refractivity contribution in [2.24, 2.45) is 0 Å². The summed E-state index contributed by atoms with van der Waals surface area (Å²) in [5.41, 5.74) is 0.249. The Morgan fingerprint density at radius 2 is 1.98 bits per heavy atom. The Hall–Kier alpha value is -3.65. The van der Waals surface area contributed by atoms with E-state index in [2.05, 4.69) is 24.9 Å². The van der Waals surface area contributed by atoms with Gasteiger partial charge in [0, 0.05) is 29.8 Å². The zero-order valence-electron chi connectivity index (χ0n) is 21.7. The average molecular weight is 603 g/mol. The minimum Gasteiger partial charge on any atom is -0.384 e. The summed E-state index contributed by atoms with van der Waals surface area (Å²) < 4.78 is 57.3. The number of hydrogen-bond acceptors (Lipinski definition) is 10. The summed E-state index contributed by atoms with van der Waals surface area (Å²) in [5, 5.41) is 27.4. The lowest BCUT2D eigenvalue weighted by molar-refractivity contribution is -0.140. The highest BCUT2D eigenvalue weighted by atomic mass is 32.2. The zero-order valence-corrected chi connectivity index (χ0v) is 23.3. The maximum Gasteiger partial charge on any atom is 0.291 e. The Morgan fingerprint density at radius 3 is 2.59 bits per heavy atom. The van der Waals surface area contributed by atoms with Crippen molar-refractivity contribution in [3.8, 4) is 11.2 Å². The quantitative estimate of drug-likeness (QED) is 0.323. The molecule has 1 aromatic carbocycles. The monoisotopic (exact) mass is 602 g/mol. The summed E-state index contributed by atoms with van der Waals surface area (Å²) in [7, 11) is -4.09. The Balaban J connectivity index is 1.49. The van der Waals surface area contributed by atoms with Crippen molar-refractivity contribution in [3.63, 3.8) is 0 Å². The summed E-state index contributed by atoms with van der Waals surface area (Å²) in [4.78, 5) is 22.8. The molecule has 2 aliphatic rings. The van der Waals surface area contributed by atoms with E-state index in [-0.39, 0.29) is 21.9 Å². The van der Waals surface area contributed by atoms with Crippen LogP contribution < -0.4 is 4.72 Å². The lowest BCUT2D eigenvalue weighted by Crippen LogP contribution is -2.42. The zero-order chi connectivity index (χ0) is 29.1. The number of aliphatic hydroxyl groups is 1. The van der Waals surface area contributed by atoms with E-state index in [9.17, 15) is 32.4 Å². The second kappa shape index (κ2) is 10.0. The van der Waals surface area contributed by atoms with Crippen LogP contribution in [0.5, 0.6) is 0 Å². The van der Waals surface area contributed by atoms with E-state index in [1.165, 1.54) is 30.0 Å². The molecule has 1 aliphatic heterocycles. The van der Waals surface area contributed by atoms with Gasteiger partial charge in [-0.1, -0.05) is 17.4 Å². The van der Waals surface area contributed by atoms with E-state index >= 15 is 0 Å². The summed E-state index contributed by atoms with van der Waals surface area (Å²) in [6.07, 6.45) is -0.618. The molecule has 41 heavy (non-hydrogen) atoms. The van der Waals surface area contributed by atoms with Crippen molar-refractivity contribution >= 4 is 49.2 Å². The molecule has 1 amide bonds. The normalized spacial score (nSPS) is 18.2. The molecule has 0 radical (unpaired) electrons. The fraction of sp³-hybridized carbons (Fsp3) is 0.440. The number of aromatic nitrogens is 5. The Kier molecular flexibility index (Phi) is 6.72. The second-order valence-electron chi connectivity index (χ2n) is 10.3. The largest absolute Gasteiger partial charge is 0.384 e. The number of halogens is 2. The minimum absolute atomic E-state index is 0.0838. The summed E-state index contributed by atoms with van der Waals surface area (Å²) in [6, 6.07) is 6.45. The molecule has 12 nitrogen and oxygen atoms in total. The van der Waals surface area contributed by atoms with Crippen molar-refractivity contribution in [2.45, 2.75) is 61.5 Å². The number of nitrogens with one attached hydrogen (secondary N) is 1. The molecule has 4 aromatic rings. The molecule has 0 bridgehead atoms. The van der Waals surface area contributed by atoms with Crippen LogP contribution in [0.15, 0.2) is 29.4 Å². The van der Waals surface area contributed by atoms with Crippen LogP contribution in [0, 0.1) is 11.3 Å². The van der Waals surface area contributed by atoms with Crippen LogP contribution in [0.2, 0.25) is 0 Å². The number of carbonyl (C=O) groups excluding carboxylic acids is 1. The van der Waals surface area contributed by atoms with Crippen LogP contribution in [0.4, 0.5) is 8.78 Å². The first-order chi connectivity index (χ1) is 19.5. The molecule has 0 unspecified atom stereocenters. The Bertz CT molecular complexity index is 1820. The third kappa shape index (κ3) is 4.82. The van der Waals surface area contributed by atoms with Crippen molar-refractivity contribution in [3.05, 3.63) is 35.2 Å². The minimum atomic E-state index is -4.09. The summed E-state index contributed by atoms with van der Waals surface area (Å²) in [5.74, 6) is -0.426. The highest BCUT2D eigenvalue weighted by Crippen LogP contribution is 2.40. The Morgan fingerprint density at radius 1 is 1.24 bits per heavy atom. The Labute approximate surface area is 236 Å². The third-order valence-electron chi connectivity index (χ3n) is 7.51.